The van der Waals surface area contributed by atoms with Crippen molar-refractivity contribution in [2.24, 2.45) is 0 Å². The van der Waals surface area contributed by atoms with Gasteiger partial charge < -0.3 is 0 Å². The highest BCUT2D eigenvalue weighted by atomic mass is 16.1. The number of fused-ring (bicyclic) bond motifs is 3. The molecule has 0 aliphatic carbocycles. The summed E-state index contributed by atoms with van der Waals surface area (Å²) in [7, 11) is 0. The highest BCUT2D eigenvalue weighted by Gasteiger charge is 2.05. The van der Waals surface area contributed by atoms with Gasteiger partial charge in [0.2, 0.25) is 0 Å². The molecular formula is C11H7N3O. The molecule has 0 amide bonds. The molecule has 3 aromatic rings. The van der Waals surface area contributed by atoms with E-state index in [-0.39, 0.29) is 5.56 Å². The average Bonchev–Trinajstić information content (AvgIpc) is 2.53. The Kier molecular flexibility index (Phi) is 1.56. The third-order valence-corrected chi connectivity index (χ3v) is 2.31. The Hall–Kier alpha value is -2.23. The molecule has 2 heterocycles. The minimum Gasteiger partial charge on any atom is -0.265 e. The molecule has 0 atom stereocenters. The average molecular weight is 197 g/mol. The number of aromatic nitrogens is 3. The summed E-state index contributed by atoms with van der Waals surface area (Å²) in [4.78, 5) is 15.5. The predicted octanol–water partition coefficient (Wildman–Crippen LogP) is 1.24. The molecule has 0 unspecified atom stereocenters. The molecule has 0 N–H and O–H groups in total. The first kappa shape index (κ1) is 8.11. The first-order chi connectivity index (χ1) is 7.36. The number of benzene rings is 1. The van der Waals surface area contributed by atoms with Crippen molar-refractivity contribution >= 4 is 16.4 Å². The molecule has 0 fully saturated rings. The molecule has 2 aromatic heterocycles. The van der Waals surface area contributed by atoms with Crippen molar-refractivity contribution in [3.8, 4) is 0 Å². The summed E-state index contributed by atoms with van der Waals surface area (Å²) in [5.74, 6) is 0. The van der Waals surface area contributed by atoms with E-state index in [2.05, 4.69) is 10.1 Å². The second-order valence-electron chi connectivity index (χ2n) is 3.24. The molecule has 1 aromatic carbocycles. The fourth-order valence-electron chi connectivity index (χ4n) is 1.66. The van der Waals surface area contributed by atoms with Crippen LogP contribution in [0.4, 0.5) is 0 Å². The van der Waals surface area contributed by atoms with Gasteiger partial charge in [-0.1, -0.05) is 18.2 Å². The quantitative estimate of drug-likeness (QED) is 0.544. The first-order valence-electron chi connectivity index (χ1n) is 4.59. The lowest BCUT2D eigenvalue weighted by molar-refractivity contribution is 0.984. The topological polar surface area (TPSA) is 47.3 Å². The fourth-order valence-corrected chi connectivity index (χ4v) is 1.66. The van der Waals surface area contributed by atoms with E-state index >= 15 is 0 Å². The Balaban J connectivity index is 2.72. The minimum absolute atomic E-state index is 0.256. The van der Waals surface area contributed by atoms with Gasteiger partial charge in [-0.25, -0.2) is 9.50 Å². The molecule has 0 saturated heterocycles. The highest BCUT2D eigenvalue weighted by molar-refractivity contribution is 5.93. The van der Waals surface area contributed by atoms with E-state index < -0.39 is 0 Å². The minimum atomic E-state index is -0.256. The van der Waals surface area contributed by atoms with Crippen molar-refractivity contribution in [2.45, 2.75) is 0 Å². The number of hydrogen-bond acceptors (Lipinski definition) is 3. The van der Waals surface area contributed by atoms with E-state index in [4.69, 9.17) is 0 Å². The van der Waals surface area contributed by atoms with Crippen LogP contribution in [0.5, 0.6) is 0 Å². The van der Waals surface area contributed by atoms with E-state index in [1.807, 2.05) is 24.3 Å². The van der Waals surface area contributed by atoms with Gasteiger partial charge in [-0.2, -0.15) is 5.10 Å². The summed E-state index contributed by atoms with van der Waals surface area (Å²) in [6, 6.07) is 9.23. The lowest BCUT2D eigenvalue weighted by Crippen LogP contribution is -2.03. The second-order valence-corrected chi connectivity index (χ2v) is 3.24. The van der Waals surface area contributed by atoms with Crippen LogP contribution in [-0.2, 0) is 0 Å². The molecule has 0 saturated carbocycles. The van der Waals surface area contributed by atoms with E-state index in [0.29, 0.717) is 5.52 Å². The SMILES string of the molecule is O=c1ncccn2nc3ccccc3c12. The first-order valence-corrected chi connectivity index (χ1v) is 4.59. The zero-order chi connectivity index (χ0) is 10.3. The van der Waals surface area contributed by atoms with Crippen LogP contribution in [0.15, 0.2) is 47.5 Å². The van der Waals surface area contributed by atoms with Crippen LogP contribution in [-0.4, -0.2) is 14.6 Å². The van der Waals surface area contributed by atoms with Crippen molar-refractivity contribution in [3.05, 3.63) is 53.1 Å². The van der Waals surface area contributed by atoms with Gasteiger partial charge in [0.15, 0.2) is 0 Å². The lowest BCUT2D eigenvalue weighted by Gasteiger charge is -1.83. The molecule has 15 heavy (non-hydrogen) atoms. The van der Waals surface area contributed by atoms with Gasteiger partial charge in [0.25, 0.3) is 5.56 Å². The van der Waals surface area contributed by atoms with E-state index in [0.717, 1.165) is 10.9 Å². The van der Waals surface area contributed by atoms with Crippen LogP contribution in [0.25, 0.3) is 16.4 Å². The largest absolute Gasteiger partial charge is 0.296 e. The summed E-state index contributed by atoms with van der Waals surface area (Å²) in [6.45, 7) is 0. The van der Waals surface area contributed by atoms with Crippen LogP contribution in [0, 0.1) is 0 Å². The van der Waals surface area contributed by atoms with Crippen molar-refractivity contribution in [3.63, 3.8) is 0 Å². The molecule has 72 valence electrons. The summed E-state index contributed by atoms with van der Waals surface area (Å²) in [5.41, 5.74) is 1.08. The zero-order valence-electron chi connectivity index (χ0n) is 7.79. The Bertz CT molecular complexity index is 703. The molecular weight excluding hydrogens is 190 g/mol. The predicted molar refractivity (Wildman–Crippen MR) is 56.8 cm³/mol. The van der Waals surface area contributed by atoms with Gasteiger partial charge in [-0.15, -0.1) is 0 Å². The van der Waals surface area contributed by atoms with Crippen molar-refractivity contribution in [2.75, 3.05) is 0 Å². The molecule has 3 rings (SSSR count). The summed E-state index contributed by atoms with van der Waals surface area (Å²) in [5, 5.41) is 5.13. The number of rotatable bonds is 0. The molecule has 4 heteroatoms. The molecule has 4 nitrogen and oxygen atoms in total. The van der Waals surface area contributed by atoms with Gasteiger partial charge in [0.05, 0.1) is 5.52 Å². The molecule has 0 bridgehead atoms. The van der Waals surface area contributed by atoms with E-state index in [1.165, 1.54) is 6.20 Å². The smallest absolute Gasteiger partial charge is 0.265 e. The lowest BCUT2D eigenvalue weighted by atomic mass is 10.2. The Morgan fingerprint density at radius 3 is 2.93 bits per heavy atom. The van der Waals surface area contributed by atoms with Gasteiger partial charge in [-0.3, -0.25) is 4.79 Å². The van der Waals surface area contributed by atoms with Crippen molar-refractivity contribution in [1.29, 1.82) is 0 Å². The third-order valence-electron chi connectivity index (χ3n) is 2.31. The van der Waals surface area contributed by atoms with Crippen molar-refractivity contribution in [1.82, 2.24) is 14.6 Å². The van der Waals surface area contributed by atoms with E-state index in [1.54, 1.807) is 16.8 Å². The third kappa shape index (κ3) is 1.11. The monoisotopic (exact) mass is 197 g/mol. The van der Waals surface area contributed by atoms with Gasteiger partial charge in [0, 0.05) is 17.8 Å². The summed E-state index contributed by atoms with van der Waals surface area (Å²) < 4.78 is 1.57. The van der Waals surface area contributed by atoms with Gasteiger partial charge in [0.1, 0.15) is 5.52 Å². The maximum atomic E-state index is 11.7. The van der Waals surface area contributed by atoms with Gasteiger partial charge >= 0.3 is 0 Å². The van der Waals surface area contributed by atoms with Crippen molar-refractivity contribution < 1.29 is 0 Å². The molecule has 0 spiro atoms. The Labute approximate surface area is 84.8 Å². The van der Waals surface area contributed by atoms with Crippen LogP contribution < -0.4 is 5.56 Å². The Morgan fingerprint density at radius 1 is 1.13 bits per heavy atom. The molecule has 0 aliphatic rings. The number of nitrogens with zero attached hydrogens (tertiary/aromatic N) is 3. The number of hydrogen-bond donors (Lipinski definition) is 0. The standard InChI is InChI=1S/C11H7N3O/c15-11-10-8-4-1-2-5-9(8)13-14(10)7-3-6-12-11/h1-7H. The summed E-state index contributed by atoms with van der Waals surface area (Å²) >= 11 is 0. The maximum absolute atomic E-state index is 11.7. The van der Waals surface area contributed by atoms with Gasteiger partial charge in [-0.05, 0) is 12.1 Å². The summed E-state index contributed by atoms with van der Waals surface area (Å²) in [6.07, 6.45) is 3.20. The fraction of sp³-hybridized carbons (Fsp3) is 0. The molecule has 0 radical (unpaired) electrons. The van der Waals surface area contributed by atoms with Crippen LogP contribution >= 0.6 is 0 Å². The normalized spacial score (nSPS) is 10.9. The highest BCUT2D eigenvalue weighted by Crippen LogP contribution is 2.14. The second kappa shape index (κ2) is 2.88. The van der Waals surface area contributed by atoms with E-state index in [9.17, 15) is 4.79 Å². The zero-order valence-corrected chi connectivity index (χ0v) is 7.79. The maximum Gasteiger partial charge on any atom is 0.296 e. The van der Waals surface area contributed by atoms with Crippen LogP contribution in [0.2, 0.25) is 0 Å². The van der Waals surface area contributed by atoms with Crippen LogP contribution in [0.1, 0.15) is 0 Å². The molecule has 0 aliphatic heterocycles. The van der Waals surface area contributed by atoms with Crippen LogP contribution in [0.3, 0.4) is 0 Å². The Morgan fingerprint density at radius 2 is 2.00 bits per heavy atom.